The minimum Gasteiger partial charge on any atom is -0.490 e. The predicted molar refractivity (Wildman–Crippen MR) is 97.8 cm³/mol. The molecule has 0 unspecified atom stereocenters. The largest absolute Gasteiger partial charge is 0.490 e. The second-order valence-corrected chi connectivity index (χ2v) is 6.04. The van der Waals surface area contributed by atoms with Crippen molar-refractivity contribution in [1.29, 1.82) is 0 Å². The Bertz CT molecular complexity index is 901. The van der Waals surface area contributed by atoms with Gasteiger partial charge in [0, 0.05) is 11.9 Å². The lowest BCUT2D eigenvalue weighted by Crippen LogP contribution is -2.13. The first-order valence-corrected chi connectivity index (χ1v) is 8.39. The van der Waals surface area contributed by atoms with Crippen molar-refractivity contribution < 1.29 is 14.3 Å². The summed E-state index contributed by atoms with van der Waals surface area (Å²) in [6.07, 6.45) is 1.50. The highest BCUT2D eigenvalue weighted by Gasteiger charge is 2.10. The van der Waals surface area contributed by atoms with Crippen molar-refractivity contribution in [3.05, 3.63) is 71.2 Å². The van der Waals surface area contributed by atoms with Crippen molar-refractivity contribution in [3.63, 3.8) is 0 Å². The van der Waals surface area contributed by atoms with Gasteiger partial charge in [-0.3, -0.25) is 0 Å². The van der Waals surface area contributed by atoms with Gasteiger partial charge in [-0.1, -0.05) is 12.1 Å². The number of hydrogen-bond acceptors (Lipinski definition) is 5. The van der Waals surface area contributed by atoms with Gasteiger partial charge in [0.25, 0.3) is 0 Å². The fourth-order valence-corrected chi connectivity index (χ4v) is 2.58. The van der Waals surface area contributed by atoms with Crippen molar-refractivity contribution in [2.45, 2.75) is 20.8 Å². The maximum atomic E-state index is 12.1. The van der Waals surface area contributed by atoms with Crippen LogP contribution in [-0.2, 0) is 4.74 Å². The highest BCUT2D eigenvalue weighted by molar-refractivity contribution is 5.89. The van der Waals surface area contributed by atoms with Gasteiger partial charge in [-0.25, -0.2) is 14.5 Å². The van der Waals surface area contributed by atoms with E-state index in [0.717, 1.165) is 22.7 Å². The van der Waals surface area contributed by atoms with Gasteiger partial charge >= 0.3 is 5.97 Å². The normalized spacial score (nSPS) is 10.6. The van der Waals surface area contributed by atoms with Gasteiger partial charge < -0.3 is 9.47 Å². The molecule has 0 radical (unpaired) electrons. The summed E-state index contributed by atoms with van der Waals surface area (Å²) in [5, 5.41) is 4.37. The molecule has 0 amide bonds. The van der Waals surface area contributed by atoms with E-state index in [1.54, 1.807) is 16.8 Å². The smallest absolute Gasteiger partial charge is 0.339 e. The first kappa shape index (κ1) is 17.7. The summed E-state index contributed by atoms with van der Waals surface area (Å²) in [6.45, 7) is 6.35. The van der Waals surface area contributed by atoms with Crippen molar-refractivity contribution in [1.82, 2.24) is 14.8 Å². The SMILES string of the molecule is Cc1cccc(OCCOC(=O)c2ccc(-n3nc(C)cc3C)nc2)c1. The molecule has 6 nitrogen and oxygen atoms in total. The van der Waals surface area contributed by atoms with Crippen molar-refractivity contribution in [2.24, 2.45) is 0 Å². The topological polar surface area (TPSA) is 66.2 Å². The zero-order chi connectivity index (χ0) is 18.5. The molecule has 3 rings (SSSR count). The lowest BCUT2D eigenvalue weighted by Gasteiger charge is -2.08. The fourth-order valence-electron chi connectivity index (χ4n) is 2.58. The van der Waals surface area contributed by atoms with E-state index in [2.05, 4.69) is 10.1 Å². The van der Waals surface area contributed by atoms with Gasteiger partial charge in [0.1, 0.15) is 19.0 Å². The maximum Gasteiger partial charge on any atom is 0.339 e. The molecule has 2 heterocycles. The van der Waals surface area contributed by atoms with Crippen LogP contribution in [-0.4, -0.2) is 33.9 Å². The number of ether oxygens (including phenoxy) is 2. The molecule has 0 bridgehead atoms. The van der Waals surface area contributed by atoms with E-state index in [4.69, 9.17) is 9.47 Å². The predicted octanol–water partition coefficient (Wildman–Crippen LogP) is 3.43. The van der Waals surface area contributed by atoms with Crippen LogP contribution in [0.15, 0.2) is 48.7 Å². The van der Waals surface area contributed by atoms with E-state index < -0.39 is 5.97 Å². The average Bonchev–Trinajstić information content (AvgIpc) is 2.97. The maximum absolute atomic E-state index is 12.1. The van der Waals surface area contributed by atoms with Crippen LogP contribution in [0.4, 0.5) is 0 Å². The number of nitrogens with zero attached hydrogens (tertiary/aromatic N) is 3. The number of pyridine rings is 1. The van der Waals surface area contributed by atoms with Gasteiger partial charge in [-0.05, 0) is 56.7 Å². The van der Waals surface area contributed by atoms with E-state index in [1.807, 2.05) is 51.1 Å². The minimum absolute atomic E-state index is 0.173. The van der Waals surface area contributed by atoms with Crippen LogP contribution in [0.3, 0.4) is 0 Å². The zero-order valence-corrected chi connectivity index (χ0v) is 15.1. The monoisotopic (exact) mass is 351 g/mol. The highest BCUT2D eigenvalue weighted by atomic mass is 16.6. The molecule has 2 aromatic heterocycles. The third kappa shape index (κ3) is 4.27. The first-order valence-electron chi connectivity index (χ1n) is 8.39. The summed E-state index contributed by atoms with van der Waals surface area (Å²) < 4.78 is 12.5. The van der Waals surface area contributed by atoms with E-state index in [1.165, 1.54) is 6.20 Å². The molecule has 6 heteroatoms. The second kappa shape index (κ2) is 7.82. The van der Waals surface area contributed by atoms with Crippen LogP contribution in [0.25, 0.3) is 5.82 Å². The van der Waals surface area contributed by atoms with E-state index in [0.29, 0.717) is 18.0 Å². The molecule has 0 atom stereocenters. The van der Waals surface area contributed by atoms with E-state index >= 15 is 0 Å². The Morgan fingerprint density at radius 2 is 1.92 bits per heavy atom. The highest BCUT2D eigenvalue weighted by Crippen LogP contribution is 2.13. The summed E-state index contributed by atoms with van der Waals surface area (Å²) in [5.41, 5.74) is 3.42. The molecule has 0 aliphatic heterocycles. The lowest BCUT2D eigenvalue weighted by molar-refractivity contribution is 0.0450. The molecule has 0 N–H and O–H groups in total. The Morgan fingerprint density at radius 1 is 1.08 bits per heavy atom. The van der Waals surface area contributed by atoms with Gasteiger partial charge in [0.05, 0.1) is 11.3 Å². The van der Waals surface area contributed by atoms with Crippen molar-refractivity contribution in [3.8, 4) is 11.6 Å². The third-order valence-electron chi connectivity index (χ3n) is 3.78. The summed E-state index contributed by atoms with van der Waals surface area (Å²) in [5.74, 6) is 0.997. The molecule has 0 aliphatic rings. The molecular weight excluding hydrogens is 330 g/mol. The lowest BCUT2D eigenvalue weighted by atomic mass is 10.2. The fraction of sp³-hybridized carbons (Fsp3) is 0.250. The quantitative estimate of drug-likeness (QED) is 0.503. The number of benzene rings is 1. The summed E-state index contributed by atoms with van der Waals surface area (Å²) in [4.78, 5) is 16.4. The van der Waals surface area contributed by atoms with Crippen LogP contribution in [0.5, 0.6) is 5.75 Å². The molecule has 0 saturated carbocycles. The van der Waals surface area contributed by atoms with Crippen LogP contribution >= 0.6 is 0 Å². The molecule has 3 aromatic rings. The van der Waals surface area contributed by atoms with Crippen LogP contribution in [0, 0.1) is 20.8 Å². The summed E-state index contributed by atoms with van der Waals surface area (Å²) in [6, 6.07) is 13.1. The number of aryl methyl sites for hydroxylation is 3. The van der Waals surface area contributed by atoms with E-state index in [-0.39, 0.29) is 6.61 Å². The summed E-state index contributed by atoms with van der Waals surface area (Å²) >= 11 is 0. The molecule has 0 aliphatic carbocycles. The average molecular weight is 351 g/mol. The molecule has 26 heavy (non-hydrogen) atoms. The number of hydrogen-bond donors (Lipinski definition) is 0. The van der Waals surface area contributed by atoms with Gasteiger partial charge in [0.2, 0.25) is 0 Å². The minimum atomic E-state index is -0.426. The second-order valence-electron chi connectivity index (χ2n) is 6.04. The third-order valence-corrected chi connectivity index (χ3v) is 3.78. The Morgan fingerprint density at radius 3 is 2.58 bits per heavy atom. The van der Waals surface area contributed by atoms with Crippen LogP contribution < -0.4 is 4.74 Å². The van der Waals surface area contributed by atoms with Crippen LogP contribution in [0.1, 0.15) is 27.3 Å². The zero-order valence-electron chi connectivity index (χ0n) is 15.1. The number of rotatable bonds is 6. The number of esters is 1. The molecule has 134 valence electrons. The van der Waals surface area contributed by atoms with E-state index in [9.17, 15) is 4.79 Å². The molecule has 0 fully saturated rings. The standard InChI is InChI=1S/C20H21N3O3/c1-14-5-4-6-18(11-14)25-9-10-26-20(24)17-7-8-19(21-13-17)23-16(3)12-15(2)22-23/h4-8,11-13H,9-10H2,1-3H3. The first-order chi connectivity index (χ1) is 12.5. The Balaban J connectivity index is 1.52. The van der Waals surface area contributed by atoms with Gasteiger partial charge in [0.15, 0.2) is 5.82 Å². The molecule has 0 spiro atoms. The molecule has 1 aromatic carbocycles. The molecular formula is C20H21N3O3. The number of carbonyl (C=O) groups is 1. The number of aromatic nitrogens is 3. The Labute approximate surface area is 152 Å². The van der Waals surface area contributed by atoms with Crippen LogP contribution in [0.2, 0.25) is 0 Å². The molecule has 0 saturated heterocycles. The number of carbonyl (C=O) groups excluding carboxylic acids is 1. The summed E-state index contributed by atoms with van der Waals surface area (Å²) in [7, 11) is 0. The Hall–Kier alpha value is -3.15. The van der Waals surface area contributed by atoms with Gasteiger partial charge in [-0.2, -0.15) is 5.10 Å². The van der Waals surface area contributed by atoms with Crippen molar-refractivity contribution in [2.75, 3.05) is 13.2 Å². The Kier molecular flexibility index (Phi) is 5.31. The van der Waals surface area contributed by atoms with Crippen molar-refractivity contribution >= 4 is 5.97 Å². The van der Waals surface area contributed by atoms with Gasteiger partial charge in [-0.15, -0.1) is 0 Å².